The first kappa shape index (κ1) is 13.2. The van der Waals surface area contributed by atoms with E-state index in [9.17, 15) is 5.11 Å². The number of aliphatic hydroxyl groups is 1. The molecule has 8 heteroatoms. The van der Waals surface area contributed by atoms with Crippen LogP contribution in [0, 0.1) is 0 Å². The molecule has 0 amide bonds. The lowest BCUT2D eigenvalue weighted by atomic mass is 10.2. The molecular formula is C12H19N7O. The van der Waals surface area contributed by atoms with Crippen molar-refractivity contribution < 1.29 is 5.11 Å². The van der Waals surface area contributed by atoms with Crippen molar-refractivity contribution in [1.29, 1.82) is 0 Å². The van der Waals surface area contributed by atoms with Crippen molar-refractivity contribution in [3.05, 3.63) is 23.8 Å². The molecule has 1 N–H and O–H groups in total. The second-order valence-electron chi connectivity index (χ2n) is 5.28. The van der Waals surface area contributed by atoms with Gasteiger partial charge < -0.3 is 5.11 Å². The second-order valence-corrected chi connectivity index (χ2v) is 5.28. The highest BCUT2D eigenvalue weighted by atomic mass is 16.3. The van der Waals surface area contributed by atoms with Crippen LogP contribution >= 0.6 is 0 Å². The van der Waals surface area contributed by atoms with Crippen LogP contribution in [0.2, 0.25) is 0 Å². The quantitative estimate of drug-likeness (QED) is 0.821. The number of likely N-dealkylation sites (tertiary alicyclic amines) is 1. The fourth-order valence-electron chi connectivity index (χ4n) is 2.93. The summed E-state index contributed by atoms with van der Waals surface area (Å²) >= 11 is 0. The van der Waals surface area contributed by atoms with Crippen LogP contribution in [-0.4, -0.2) is 52.6 Å². The highest BCUT2D eigenvalue weighted by Crippen LogP contribution is 2.35. The van der Waals surface area contributed by atoms with Gasteiger partial charge in [-0.25, -0.2) is 4.68 Å². The third-order valence-electron chi connectivity index (χ3n) is 3.93. The molecule has 2 aromatic rings. The SMILES string of the molecule is Cn1cc(CN2[C@H](CO)CC[C@H]2c2nnnn2C)cn1. The van der Waals surface area contributed by atoms with Gasteiger partial charge in [-0.15, -0.1) is 5.10 Å². The molecule has 0 spiro atoms. The topological polar surface area (TPSA) is 84.9 Å². The van der Waals surface area contributed by atoms with E-state index in [4.69, 9.17) is 0 Å². The zero-order valence-corrected chi connectivity index (χ0v) is 11.7. The third-order valence-corrected chi connectivity index (χ3v) is 3.93. The summed E-state index contributed by atoms with van der Waals surface area (Å²) in [5, 5.41) is 25.5. The Morgan fingerprint density at radius 2 is 2.20 bits per heavy atom. The molecule has 0 unspecified atom stereocenters. The molecule has 3 rings (SSSR count). The average Bonchev–Trinajstić information content (AvgIpc) is 3.11. The van der Waals surface area contributed by atoms with Gasteiger partial charge in [0.05, 0.1) is 18.8 Å². The van der Waals surface area contributed by atoms with Gasteiger partial charge in [-0.1, -0.05) is 0 Å². The van der Waals surface area contributed by atoms with Gasteiger partial charge in [0.2, 0.25) is 0 Å². The fourth-order valence-corrected chi connectivity index (χ4v) is 2.93. The Hall–Kier alpha value is -1.80. The molecule has 3 heterocycles. The van der Waals surface area contributed by atoms with Crippen molar-refractivity contribution in [2.75, 3.05) is 6.61 Å². The van der Waals surface area contributed by atoms with Crippen molar-refractivity contribution in [1.82, 2.24) is 34.9 Å². The van der Waals surface area contributed by atoms with Crippen molar-refractivity contribution in [2.24, 2.45) is 14.1 Å². The van der Waals surface area contributed by atoms with Crippen LogP contribution in [0.5, 0.6) is 0 Å². The maximum absolute atomic E-state index is 9.58. The predicted molar refractivity (Wildman–Crippen MR) is 70.4 cm³/mol. The van der Waals surface area contributed by atoms with Crippen LogP contribution in [0.1, 0.15) is 30.3 Å². The zero-order chi connectivity index (χ0) is 14.1. The second kappa shape index (κ2) is 5.29. The van der Waals surface area contributed by atoms with Crippen LogP contribution in [0.3, 0.4) is 0 Å². The van der Waals surface area contributed by atoms with Gasteiger partial charge in [-0.05, 0) is 23.3 Å². The first-order valence-electron chi connectivity index (χ1n) is 6.75. The molecule has 1 aliphatic heterocycles. The Morgan fingerprint density at radius 1 is 1.35 bits per heavy atom. The first-order chi connectivity index (χ1) is 9.69. The molecule has 0 radical (unpaired) electrons. The van der Waals surface area contributed by atoms with E-state index >= 15 is 0 Å². The van der Waals surface area contributed by atoms with Crippen LogP contribution in [0.15, 0.2) is 12.4 Å². The molecule has 8 nitrogen and oxygen atoms in total. The minimum Gasteiger partial charge on any atom is -0.395 e. The Morgan fingerprint density at radius 3 is 2.80 bits per heavy atom. The van der Waals surface area contributed by atoms with E-state index in [1.807, 2.05) is 26.5 Å². The van der Waals surface area contributed by atoms with E-state index in [2.05, 4.69) is 25.5 Å². The van der Waals surface area contributed by atoms with Crippen LogP contribution < -0.4 is 0 Å². The summed E-state index contributed by atoms with van der Waals surface area (Å²) in [6.07, 6.45) is 5.77. The summed E-state index contributed by atoms with van der Waals surface area (Å²) < 4.78 is 3.50. The molecule has 2 aromatic heterocycles. The highest BCUT2D eigenvalue weighted by molar-refractivity contribution is 5.08. The molecule has 0 bridgehead atoms. The largest absolute Gasteiger partial charge is 0.395 e. The lowest BCUT2D eigenvalue weighted by Gasteiger charge is -2.27. The summed E-state index contributed by atoms with van der Waals surface area (Å²) in [5.74, 6) is 0.852. The number of aliphatic hydroxyl groups excluding tert-OH is 1. The van der Waals surface area contributed by atoms with Crippen molar-refractivity contribution in [3.63, 3.8) is 0 Å². The average molecular weight is 277 g/mol. The molecule has 20 heavy (non-hydrogen) atoms. The summed E-state index contributed by atoms with van der Waals surface area (Å²) in [6, 6.07) is 0.296. The Balaban J connectivity index is 1.84. The fraction of sp³-hybridized carbons (Fsp3) is 0.667. The number of hydrogen-bond donors (Lipinski definition) is 1. The Kier molecular flexibility index (Phi) is 3.49. The molecule has 1 fully saturated rings. The van der Waals surface area contributed by atoms with E-state index in [0.29, 0.717) is 0 Å². The van der Waals surface area contributed by atoms with Gasteiger partial charge in [-0.3, -0.25) is 9.58 Å². The highest BCUT2D eigenvalue weighted by Gasteiger charge is 2.36. The van der Waals surface area contributed by atoms with E-state index in [1.54, 1.807) is 9.36 Å². The predicted octanol–water partition coefficient (Wildman–Crippen LogP) is -0.358. The molecule has 108 valence electrons. The molecule has 0 aliphatic carbocycles. The molecule has 1 aliphatic rings. The molecular weight excluding hydrogens is 258 g/mol. The van der Waals surface area contributed by atoms with E-state index < -0.39 is 0 Å². The van der Waals surface area contributed by atoms with Gasteiger partial charge in [0.1, 0.15) is 0 Å². The van der Waals surface area contributed by atoms with Crippen LogP contribution in [0.25, 0.3) is 0 Å². The van der Waals surface area contributed by atoms with Gasteiger partial charge >= 0.3 is 0 Å². The number of tetrazole rings is 1. The normalized spacial score (nSPS) is 23.6. The minimum atomic E-state index is 0.146. The number of nitrogens with zero attached hydrogens (tertiary/aromatic N) is 7. The van der Waals surface area contributed by atoms with Crippen LogP contribution in [0.4, 0.5) is 0 Å². The standard InChI is InChI=1S/C12H19N7O/c1-17-6-9(5-13-17)7-19-10(8-20)3-4-11(19)12-14-15-16-18(12)2/h5-6,10-11,20H,3-4,7-8H2,1-2H3/t10-,11-/m0/s1. The minimum absolute atomic E-state index is 0.146. The lowest BCUT2D eigenvalue weighted by Crippen LogP contribution is -2.34. The number of rotatable bonds is 4. The van der Waals surface area contributed by atoms with Gasteiger partial charge in [0, 0.05) is 38.4 Å². The maximum Gasteiger partial charge on any atom is 0.168 e. The lowest BCUT2D eigenvalue weighted by molar-refractivity contribution is 0.117. The van der Waals surface area contributed by atoms with Gasteiger partial charge in [-0.2, -0.15) is 5.10 Å². The number of hydrogen-bond acceptors (Lipinski definition) is 6. The Bertz CT molecular complexity index is 578. The van der Waals surface area contributed by atoms with Gasteiger partial charge in [0.25, 0.3) is 0 Å². The third kappa shape index (κ3) is 2.32. The summed E-state index contributed by atoms with van der Waals surface area (Å²) in [7, 11) is 3.75. The summed E-state index contributed by atoms with van der Waals surface area (Å²) in [6.45, 7) is 0.901. The number of aromatic nitrogens is 6. The number of aryl methyl sites for hydroxylation is 2. The summed E-state index contributed by atoms with van der Waals surface area (Å²) in [5.41, 5.74) is 1.13. The van der Waals surface area contributed by atoms with Gasteiger partial charge in [0.15, 0.2) is 5.82 Å². The van der Waals surface area contributed by atoms with Crippen molar-refractivity contribution >= 4 is 0 Å². The molecule has 2 atom stereocenters. The van der Waals surface area contributed by atoms with E-state index in [-0.39, 0.29) is 18.7 Å². The first-order valence-corrected chi connectivity index (χ1v) is 6.75. The smallest absolute Gasteiger partial charge is 0.168 e. The zero-order valence-electron chi connectivity index (χ0n) is 11.7. The molecule has 0 saturated carbocycles. The summed E-state index contributed by atoms with van der Waals surface area (Å²) in [4.78, 5) is 2.27. The Labute approximate surface area is 117 Å². The van der Waals surface area contributed by atoms with Crippen molar-refractivity contribution in [3.8, 4) is 0 Å². The molecule has 0 aromatic carbocycles. The van der Waals surface area contributed by atoms with Crippen LogP contribution in [-0.2, 0) is 20.6 Å². The van der Waals surface area contributed by atoms with Crippen molar-refractivity contribution in [2.45, 2.75) is 31.5 Å². The molecule has 1 saturated heterocycles. The maximum atomic E-state index is 9.58. The van der Waals surface area contributed by atoms with E-state index in [1.165, 1.54) is 0 Å². The van der Waals surface area contributed by atoms with E-state index in [0.717, 1.165) is 30.8 Å². The monoisotopic (exact) mass is 277 g/mol.